The summed E-state index contributed by atoms with van der Waals surface area (Å²) >= 11 is 0. The molecule has 1 heterocycles. The maximum absolute atomic E-state index is 11.0. The first-order chi connectivity index (χ1) is 6.08. The lowest BCUT2D eigenvalue weighted by atomic mass is 10.1. The molecule has 4 heteroatoms. The van der Waals surface area contributed by atoms with Crippen LogP contribution in [0.15, 0.2) is 12.2 Å². The van der Waals surface area contributed by atoms with Crippen molar-refractivity contribution in [2.24, 2.45) is 0 Å². The van der Waals surface area contributed by atoms with Crippen LogP contribution >= 0.6 is 0 Å². The molecule has 0 aromatic carbocycles. The van der Waals surface area contributed by atoms with Crippen molar-refractivity contribution in [3.05, 3.63) is 12.2 Å². The molecule has 1 spiro atoms. The van der Waals surface area contributed by atoms with Gasteiger partial charge in [-0.05, 0) is 19.1 Å². The van der Waals surface area contributed by atoms with Gasteiger partial charge in [0.15, 0.2) is 17.9 Å². The third-order valence-electron chi connectivity index (χ3n) is 2.20. The largest absolute Gasteiger partial charge is 0.342 e. The number of carbonyl (C=O) groups excluding carboxylic acids is 2. The third-order valence-corrected chi connectivity index (χ3v) is 2.20. The van der Waals surface area contributed by atoms with Gasteiger partial charge in [0, 0.05) is 0 Å². The number of ether oxygens (including phenoxy) is 2. The molecule has 1 aliphatic heterocycles. The SMILES string of the molecule is CC1(C=O)COC2(C=CC(=O)C2)O1. The Hall–Kier alpha value is -1.00. The number of rotatable bonds is 1. The van der Waals surface area contributed by atoms with Crippen molar-refractivity contribution in [2.75, 3.05) is 6.61 Å². The third kappa shape index (κ3) is 1.32. The number of hydrogen-bond acceptors (Lipinski definition) is 4. The molecule has 4 nitrogen and oxygen atoms in total. The molecule has 2 rings (SSSR count). The highest BCUT2D eigenvalue weighted by Gasteiger charge is 2.49. The summed E-state index contributed by atoms with van der Waals surface area (Å²) in [6.07, 6.45) is 3.88. The van der Waals surface area contributed by atoms with Crippen molar-refractivity contribution in [1.29, 1.82) is 0 Å². The minimum atomic E-state index is -0.966. The van der Waals surface area contributed by atoms with E-state index in [1.165, 1.54) is 6.08 Å². The topological polar surface area (TPSA) is 52.6 Å². The number of aldehydes is 1. The Morgan fingerprint density at radius 2 is 2.38 bits per heavy atom. The maximum Gasteiger partial charge on any atom is 0.196 e. The number of hydrogen-bond donors (Lipinski definition) is 0. The molecule has 0 amide bonds. The number of allylic oxidation sites excluding steroid dienone is 1. The lowest BCUT2D eigenvalue weighted by Gasteiger charge is -2.21. The van der Waals surface area contributed by atoms with E-state index in [4.69, 9.17) is 9.47 Å². The van der Waals surface area contributed by atoms with Crippen LogP contribution < -0.4 is 0 Å². The zero-order valence-electron chi connectivity index (χ0n) is 7.28. The van der Waals surface area contributed by atoms with Crippen LogP contribution in [0.4, 0.5) is 0 Å². The Morgan fingerprint density at radius 3 is 2.85 bits per heavy atom. The minimum absolute atomic E-state index is 0.0323. The van der Waals surface area contributed by atoms with Crippen LogP contribution in [-0.4, -0.2) is 30.1 Å². The minimum Gasteiger partial charge on any atom is -0.342 e. The quantitative estimate of drug-likeness (QED) is 0.544. The molecule has 70 valence electrons. The van der Waals surface area contributed by atoms with Crippen LogP contribution in [-0.2, 0) is 19.1 Å². The van der Waals surface area contributed by atoms with Crippen LogP contribution in [0, 0.1) is 0 Å². The van der Waals surface area contributed by atoms with E-state index < -0.39 is 11.4 Å². The Kier molecular flexibility index (Phi) is 1.65. The van der Waals surface area contributed by atoms with Gasteiger partial charge in [-0.2, -0.15) is 0 Å². The first-order valence-electron chi connectivity index (χ1n) is 4.10. The predicted octanol–water partition coefficient (Wildman–Crippen LogP) is 0.216. The van der Waals surface area contributed by atoms with Gasteiger partial charge in [-0.1, -0.05) is 0 Å². The van der Waals surface area contributed by atoms with Crippen LogP contribution in [0.2, 0.25) is 0 Å². The van der Waals surface area contributed by atoms with Crippen molar-refractivity contribution in [3.8, 4) is 0 Å². The summed E-state index contributed by atoms with van der Waals surface area (Å²) < 4.78 is 10.7. The van der Waals surface area contributed by atoms with Gasteiger partial charge in [0.2, 0.25) is 0 Å². The molecule has 0 radical (unpaired) electrons. The average Bonchev–Trinajstić information content (AvgIpc) is 2.60. The van der Waals surface area contributed by atoms with E-state index in [0.29, 0.717) is 6.29 Å². The van der Waals surface area contributed by atoms with Crippen molar-refractivity contribution < 1.29 is 19.1 Å². The van der Waals surface area contributed by atoms with Gasteiger partial charge < -0.3 is 14.3 Å². The number of ketones is 1. The monoisotopic (exact) mass is 182 g/mol. The van der Waals surface area contributed by atoms with Gasteiger partial charge in [0.25, 0.3) is 0 Å². The van der Waals surface area contributed by atoms with Gasteiger partial charge in [-0.3, -0.25) is 4.79 Å². The second kappa shape index (κ2) is 2.49. The Morgan fingerprint density at radius 1 is 1.62 bits per heavy atom. The molecule has 1 fully saturated rings. The second-order valence-corrected chi connectivity index (χ2v) is 3.61. The zero-order chi connectivity index (χ0) is 9.53. The first-order valence-corrected chi connectivity index (χ1v) is 4.10. The Balaban J connectivity index is 2.18. The normalized spacial score (nSPS) is 43.3. The molecule has 0 aromatic rings. The van der Waals surface area contributed by atoms with Crippen LogP contribution in [0.1, 0.15) is 13.3 Å². The molecule has 13 heavy (non-hydrogen) atoms. The fraction of sp³-hybridized carbons (Fsp3) is 0.556. The van der Waals surface area contributed by atoms with Crippen LogP contribution in [0.25, 0.3) is 0 Å². The molecule has 0 aromatic heterocycles. The first kappa shape index (κ1) is 8.59. The summed E-state index contributed by atoms with van der Waals surface area (Å²) in [4.78, 5) is 21.6. The molecule has 0 bridgehead atoms. The van der Waals surface area contributed by atoms with E-state index in [0.717, 1.165) is 0 Å². The summed E-state index contributed by atoms with van der Waals surface area (Å²) in [5.41, 5.74) is -0.908. The molecule has 0 N–H and O–H groups in total. The van der Waals surface area contributed by atoms with E-state index in [1.54, 1.807) is 13.0 Å². The fourth-order valence-corrected chi connectivity index (χ4v) is 1.53. The van der Waals surface area contributed by atoms with E-state index >= 15 is 0 Å². The van der Waals surface area contributed by atoms with Gasteiger partial charge in [0.1, 0.15) is 5.60 Å². The fourth-order valence-electron chi connectivity index (χ4n) is 1.53. The van der Waals surface area contributed by atoms with Crippen molar-refractivity contribution in [2.45, 2.75) is 24.7 Å². The Labute approximate surface area is 75.5 Å². The lowest BCUT2D eigenvalue weighted by Crippen LogP contribution is -2.34. The molecule has 2 atom stereocenters. The van der Waals surface area contributed by atoms with Gasteiger partial charge in [-0.15, -0.1) is 0 Å². The average molecular weight is 182 g/mol. The van der Waals surface area contributed by atoms with E-state index in [2.05, 4.69) is 0 Å². The molecular formula is C9H10O4. The zero-order valence-corrected chi connectivity index (χ0v) is 7.28. The molecule has 0 saturated carbocycles. The molecule has 1 saturated heterocycles. The molecular weight excluding hydrogens is 172 g/mol. The van der Waals surface area contributed by atoms with Crippen LogP contribution in [0.5, 0.6) is 0 Å². The van der Waals surface area contributed by atoms with Crippen molar-refractivity contribution in [3.63, 3.8) is 0 Å². The maximum atomic E-state index is 11.0. The summed E-state index contributed by atoms with van der Waals surface area (Å²) in [5.74, 6) is -0.998. The highest BCUT2D eigenvalue weighted by Crippen LogP contribution is 2.36. The highest BCUT2D eigenvalue weighted by atomic mass is 16.8. The van der Waals surface area contributed by atoms with E-state index in [9.17, 15) is 9.59 Å². The smallest absolute Gasteiger partial charge is 0.196 e. The standard InChI is InChI=1S/C9H10O4/c1-8(5-10)6-12-9(13-8)3-2-7(11)4-9/h2-3,5H,4,6H2,1H3. The summed E-state index contributed by atoms with van der Waals surface area (Å²) in [7, 11) is 0. The summed E-state index contributed by atoms with van der Waals surface area (Å²) in [5, 5.41) is 0. The molecule has 2 aliphatic rings. The highest BCUT2D eigenvalue weighted by molar-refractivity contribution is 5.93. The van der Waals surface area contributed by atoms with Gasteiger partial charge >= 0.3 is 0 Å². The lowest BCUT2D eigenvalue weighted by molar-refractivity contribution is -0.158. The van der Waals surface area contributed by atoms with Crippen molar-refractivity contribution in [1.82, 2.24) is 0 Å². The molecule has 1 aliphatic carbocycles. The van der Waals surface area contributed by atoms with E-state index in [1.807, 2.05) is 0 Å². The van der Waals surface area contributed by atoms with Crippen LogP contribution in [0.3, 0.4) is 0 Å². The number of carbonyl (C=O) groups is 2. The summed E-state index contributed by atoms with van der Waals surface area (Å²) in [6.45, 7) is 1.85. The summed E-state index contributed by atoms with van der Waals surface area (Å²) in [6, 6.07) is 0. The Bertz CT molecular complexity index is 296. The molecule has 2 unspecified atom stereocenters. The van der Waals surface area contributed by atoms with E-state index in [-0.39, 0.29) is 18.8 Å². The predicted molar refractivity (Wildman–Crippen MR) is 43.0 cm³/mol. The second-order valence-electron chi connectivity index (χ2n) is 3.61. The van der Waals surface area contributed by atoms with Crippen molar-refractivity contribution >= 4 is 12.1 Å². The van der Waals surface area contributed by atoms with Gasteiger partial charge in [0.05, 0.1) is 13.0 Å². The van der Waals surface area contributed by atoms with Gasteiger partial charge in [-0.25, -0.2) is 0 Å².